The lowest BCUT2D eigenvalue weighted by atomic mass is 9.92. The van der Waals surface area contributed by atoms with Gasteiger partial charge in [-0.3, -0.25) is 4.98 Å². The fraction of sp³-hybridized carbons (Fsp3) is 0.357. The van der Waals surface area contributed by atoms with Gasteiger partial charge in [0.05, 0.1) is 47.2 Å². The van der Waals surface area contributed by atoms with E-state index in [1.807, 2.05) is 0 Å². The quantitative estimate of drug-likeness (QED) is 0.836. The molecule has 23 heavy (non-hydrogen) atoms. The number of halogens is 3. The average Bonchev–Trinajstić information content (AvgIpc) is 2.92. The van der Waals surface area contributed by atoms with Crippen LogP contribution in [0.5, 0.6) is 0 Å². The second-order valence-electron chi connectivity index (χ2n) is 5.31. The zero-order chi connectivity index (χ0) is 16.6. The Balaban J connectivity index is 1.93. The van der Waals surface area contributed by atoms with E-state index >= 15 is 0 Å². The first kappa shape index (κ1) is 15.7. The number of carbonyl (C=O) groups excluding carboxylic acids is 1. The molecular formula is C14H12ClF2N4O2-. The normalized spacial score (nSPS) is 20.5. The minimum absolute atomic E-state index is 0.155. The Morgan fingerprint density at radius 2 is 2.17 bits per heavy atom. The third-order valence-electron chi connectivity index (χ3n) is 3.80. The average molecular weight is 342 g/mol. The maximum atomic E-state index is 14.1. The number of rotatable bonds is 3. The number of hydrogen-bond donors (Lipinski definition) is 0. The zero-order valence-electron chi connectivity index (χ0n) is 11.8. The number of carboxylic acid groups (broad SMARTS) is 1. The van der Waals surface area contributed by atoms with Crippen molar-refractivity contribution in [2.45, 2.75) is 12.3 Å². The molecule has 1 unspecified atom stereocenters. The van der Waals surface area contributed by atoms with Crippen molar-refractivity contribution < 1.29 is 18.7 Å². The molecule has 1 saturated heterocycles. The number of pyridine rings is 1. The summed E-state index contributed by atoms with van der Waals surface area (Å²) in [7, 11) is 0. The largest absolute Gasteiger partial charge is 0.550 e. The van der Waals surface area contributed by atoms with Crippen molar-refractivity contribution in [3.05, 3.63) is 35.9 Å². The van der Waals surface area contributed by atoms with Gasteiger partial charge in [0.25, 0.3) is 5.92 Å². The number of anilines is 1. The molecule has 0 radical (unpaired) electrons. The van der Waals surface area contributed by atoms with Gasteiger partial charge in [-0.2, -0.15) is 5.10 Å². The summed E-state index contributed by atoms with van der Waals surface area (Å²) in [5.41, 5.74) is 0.971. The SMILES string of the molecule is O=C([O-])C1CCN(c2cnccc2-n2cc(Cl)cn2)CC1(F)F. The summed E-state index contributed by atoms with van der Waals surface area (Å²) >= 11 is 5.84. The summed E-state index contributed by atoms with van der Waals surface area (Å²) < 4.78 is 29.6. The lowest BCUT2D eigenvalue weighted by Gasteiger charge is -2.40. The first-order valence-corrected chi connectivity index (χ1v) is 7.24. The zero-order valence-corrected chi connectivity index (χ0v) is 12.6. The lowest BCUT2D eigenvalue weighted by molar-refractivity contribution is -0.319. The molecule has 0 aliphatic carbocycles. The number of carboxylic acids is 1. The Labute approximate surface area is 135 Å². The van der Waals surface area contributed by atoms with Crippen molar-refractivity contribution in [2.75, 3.05) is 18.0 Å². The van der Waals surface area contributed by atoms with Crippen molar-refractivity contribution in [1.82, 2.24) is 14.8 Å². The molecule has 1 fully saturated rings. The van der Waals surface area contributed by atoms with Crippen molar-refractivity contribution in [2.24, 2.45) is 5.92 Å². The van der Waals surface area contributed by atoms with Crippen LogP contribution in [0.3, 0.4) is 0 Å². The molecule has 0 bridgehead atoms. The van der Waals surface area contributed by atoms with Crippen LogP contribution in [0.1, 0.15) is 6.42 Å². The Morgan fingerprint density at radius 1 is 1.39 bits per heavy atom. The second kappa shape index (κ2) is 5.77. The number of hydrogen-bond acceptors (Lipinski definition) is 5. The molecule has 0 amide bonds. The molecule has 0 saturated carbocycles. The highest BCUT2D eigenvalue weighted by Gasteiger charge is 2.45. The van der Waals surface area contributed by atoms with Gasteiger partial charge < -0.3 is 14.8 Å². The lowest BCUT2D eigenvalue weighted by Crippen LogP contribution is -2.54. The Hall–Kier alpha value is -2.22. The Bertz CT molecular complexity index is 737. The van der Waals surface area contributed by atoms with Crippen LogP contribution in [-0.4, -0.2) is 39.7 Å². The van der Waals surface area contributed by atoms with E-state index in [0.29, 0.717) is 16.4 Å². The molecular weight excluding hydrogens is 330 g/mol. The molecule has 2 aromatic heterocycles. The number of nitrogens with zero attached hydrogens (tertiary/aromatic N) is 4. The second-order valence-corrected chi connectivity index (χ2v) is 5.75. The summed E-state index contributed by atoms with van der Waals surface area (Å²) in [6.45, 7) is -0.568. The molecule has 1 aliphatic rings. The summed E-state index contributed by atoms with van der Waals surface area (Å²) in [6.07, 6.45) is 5.74. The summed E-state index contributed by atoms with van der Waals surface area (Å²) in [5, 5.41) is 15.3. The maximum absolute atomic E-state index is 14.1. The van der Waals surface area contributed by atoms with Crippen LogP contribution >= 0.6 is 11.6 Å². The molecule has 3 heterocycles. The van der Waals surface area contributed by atoms with E-state index in [4.69, 9.17) is 11.6 Å². The van der Waals surface area contributed by atoms with Gasteiger partial charge in [0.15, 0.2) is 0 Å². The van der Waals surface area contributed by atoms with Crippen molar-refractivity contribution in [1.29, 1.82) is 0 Å². The molecule has 6 nitrogen and oxygen atoms in total. The van der Waals surface area contributed by atoms with Crippen LogP contribution in [0.2, 0.25) is 5.02 Å². The van der Waals surface area contributed by atoms with Gasteiger partial charge in [-0.15, -0.1) is 0 Å². The number of aromatic nitrogens is 3. The predicted molar refractivity (Wildman–Crippen MR) is 76.6 cm³/mol. The van der Waals surface area contributed by atoms with Gasteiger partial charge >= 0.3 is 0 Å². The molecule has 3 rings (SSSR count). The maximum Gasteiger partial charge on any atom is 0.273 e. The number of piperidine rings is 1. The fourth-order valence-electron chi connectivity index (χ4n) is 2.68. The minimum atomic E-state index is -3.38. The van der Waals surface area contributed by atoms with Crippen LogP contribution in [0.25, 0.3) is 5.69 Å². The van der Waals surface area contributed by atoms with Gasteiger partial charge in [-0.1, -0.05) is 11.6 Å². The van der Waals surface area contributed by atoms with Gasteiger partial charge in [0.2, 0.25) is 0 Å². The van der Waals surface area contributed by atoms with E-state index in [9.17, 15) is 18.7 Å². The number of carbonyl (C=O) groups is 1. The Kier molecular flexibility index (Phi) is 3.93. The van der Waals surface area contributed by atoms with Crippen molar-refractivity contribution >= 4 is 23.3 Å². The standard InChI is InChI=1S/C14H13ClF2N4O2/c15-9-5-19-21(7-9)11-1-3-18-6-12(11)20-4-2-10(13(22)23)14(16,17)8-20/h1,3,5-7,10H,2,4,8H2,(H,22,23)/p-1. The smallest absolute Gasteiger partial charge is 0.273 e. The highest BCUT2D eigenvalue weighted by molar-refractivity contribution is 6.30. The van der Waals surface area contributed by atoms with Crippen LogP contribution in [0.4, 0.5) is 14.5 Å². The molecule has 122 valence electrons. The number of aliphatic carboxylic acids is 1. The van der Waals surface area contributed by atoms with Crippen LogP contribution in [0, 0.1) is 5.92 Å². The Morgan fingerprint density at radius 3 is 2.78 bits per heavy atom. The topological polar surface area (TPSA) is 74.1 Å². The molecule has 1 aliphatic heterocycles. The van der Waals surface area contributed by atoms with Gasteiger partial charge in [0, 0.05) is 18.9 Å². The molecule has 1 atom stereocenters. The van der Waals surface area contributed by atoms with E-state index in [1.54, 1.807) is 12.3 Å². The molecule has 9 heteroatoms. The van der Waals surface area contributed by atoms with Crippen molar-refractivity contribution in [3.8, 4) is 5.69 Å². The first-order valence-electron chi connectivity index (χ1n) is 6.86. The summed E-state index contributed by atoms with van der Waals surface area (Å²) in [6, 6.07) is 1.63. The molecule has 2 aromatic rings. The van der Waals surface area contributed by atoms with Crippen LogP contribution in [0.15, 0.2) is 30.9 Å². The highest BCUT2D eigenvalue weighted by atomic mass is 35.5. The van der Waals surface area contributed by atoms with E-state index in [-0.39, 0.29) is 13.0 Å². The predicted octanol–water partition coefficient (Wildman–Crippen LogP) is 1.13. The molecule has 0 aromatic carbocycles. The van der Waals surface area contributed by atoms with E-state index < -0.39 is 24.4 Å². The summed E-state index contributed by atoms with van der Waals surface area (Å²) in [5.74, 6) is -6.88. The van der Waals surface area contributed by atoms with E-state index in [2.05, 4.69) is 10.1 Å². The van der Waals surface area contributed by atoms with Crippen LogP contribution in [-0.2, 0) is 4.79 Å². The first-order chi connectivity index (χ1) is 10.9. The highest BCUT2D eigenvalue weighted by Crippen LogP contribution is 2.36. The minimum Gasteiger partial charge on any atom is -0.550 e. The molecule has 0 N–H and O–H groups in total. The fourth-order valence-corrected chi connectivity index (χ4v) is 2.82. The van der Waals surface area contributed by atoms with Gasteiger partial charge in [-0.05, 0) is 12.5 Å². The van der Waals surface area contributed by atoms with E-state index in [1.165, 1.54) is 28.2 Å². The van der Waals surface area contributed by atoms with Crippen LogP contribution < -0.4 is 10.0 Å². The molecule has 0 spiro atoms. The number of alkyl halides is 2. The monoisotopic (exact) mass is 341 g/mol. The van der Waals surface area contributed by atoms with Gasteiger partial charge in [-0.25, -0.2) is 13.5 Å². The summed E-state index contributed by atoms with van der Waals surface area (Å²) in [4.78, 5) is 16.2. The van der Waals surface area contributed by atoms with Crippen molar-refractivity contribution in [3.63, 3.8) is 0 Å². The van der Waals surface area contributed by atoms with E-state index in [0.717, 1.165) is 0 Å². The third-order valence-corrected chi connectivity index (χ3v) is 4.00. The van der Waals surface area contributed by atoms with Gasteiger partial charge in [0.1, 0.15) is 0 Å². The third kappa shape index (κ3) is 2.98.